The Morgan fingerprint density at radius 2 is 1.80 bits per heavy atom. The Labute approximate surface area is 209 Å². The molecule has 0 unspecified atom stereocenters. The molecule has 182 valence electrons. The van der Waals surface area contributed by atoms with Gasteiger partial charge in [-0.3, -0.25) is 9.89 Å². The van der Waals surface area contributed by atoms with Gasteiger partial charge in [-0.05, 0) is 73.8 Å². The lowest BCUT2D eigenvalue weighted by Crippen LogP contribution is -2.40. The second kappa shape index (κ2) is 10.2. The first-order chi connectivity index (χ1) is 16.8. The molecule has 0 saturated carbocycles. The number of nitrogens with zero attached hydrogens (tertiary/aromatic N) is 5. The summed E-state index contributed by atoms with van der Waals surface area (Å²) in [5, 5.41) is 20.9. The smallest absolute Gasteiger partial charge is 0.254 e. The Hall–Kier alpha value is -3.27. The molecule has 0 radical (unpaired) electrons. The predicted molar refractivity (Wildman–Crippen MR) is 135 cm³/mol. The SMILES string of the molecule is Cl.O=C(c1ccc(-n2cc(-c3n[nH]c4ccc(C5CCNCC5)cc34)nn2)cc1)N1CCOCC1. The average molecular weight is 494 g/mol. The van der Waals surface area contributed by atoms with Crippen LogP contribution in [0.4, 0.5) is 0 Å². The summed E-state index contributed by atoms with van der Waals surface area (Å²) in [6, 6.07) is 14.0. The number of aromatic nitrogens is 5. The molecule has 2 aliphatic heterocycles. The second-order valence-electron chi connectivity index (χ2n) is 8.90. The van der Waals surface area contributed by atoms with Crippen LogP contribution >= 0.6 is 12.4 Å². The summed E-state index contributed by atoms with van der Waals surface area (Å²) in [5.41, 5.74) is 5.36. The van der Waals surface area contributed by atoms with E-state index in [2.05, 4.69) is 44.0 Å². The van der Waals surface area contributed by atoms with Gasteiger partial charge in [-0.15, -0.1) is 17.5 Å². The summed E-state index contributed by atoms with van der Waals surface area (Å²) in [6.45, 7) is 4.56. The maximum absolute atomic E-state index is 12.7. The average Bonchev–Trinajstić information content (AvgIpc) is 3.56. The van der Waals surface area contributed by atoms with Gasteiger partial charge in [0.25, 0.3) is 5.91 Å². The first kappa shape index (κ1) is 23.5. The lowest BCUT2D eigenvalue weighted by atomic mass is 9.89. The highest BCUT2D eigenvalue weighted by molar-refractivity contribution is 5.94. The number of benzene rings is 2. The van der Waals surface area contributed by atoms with E-state index in [1.165, 1.54) is 5.56 Å². The Morgan fingerprint density at radius 1 is 1.03 bits per heavy atom. The molecular weight excluding hydrogens is 466 g/mol. The number of hydrogen-bond donors (Lipinski definition) is 2. The number of rotatable bonds is 4. The van der Waals surface area contributed by atoms with Crippen LogP contribution in [-0.4, -0.2) is 75.4 Å². The van der Waals surface area contributed by atoms with Gasteiger partial charge >= 0.3 is 0 Å². The molecule has 2 aromatic heterocycles. The number of carbonyl (C=O) groups is 1. The molecule has 0 spiro atoms. The topological polar surface area (TPSA) is 101 Å². The molecule has 0 aliphatic carbocycles. The zero-order valence-electron chi connectivity index (χ0n) is 19.3. The van der Waals surface area contributed by atoms with Crippen molar-refractivity contribution in [3.63, 3.8) is 0 Å². The van der Waals surface area contributed by atoms with Gasteiger partial charge in [0.1, 0.15) is 11.4 Å². The van der Waals surface area contributed by atoms with E-state index < -0.39 is 0 Å². The summed E-state index contributed by atoms with van der Waals surface area (Å²) in [5.74, 6) is 0.601. The zero-order valence-corrected chi connectivity index (χ0v) is 20.1. The minimum Gasteiger partial charge on any atom is -0.378 e. The number of carbonyl (C=O) groups excluding carboxylic acids is 1. The summed E-state index contributed by atoms with van der Waals surface area (Å²) in [7, 11) is 0. The molecule has 1 amide bonds. The fourth-order valence-corrected chi connectivity index (χ4v) is 4.84. The van der Waals surface area contributed by atoms with Crippen LogP contribution < -0.4 is 5.32 Å². The number of H-pyrrole nitrogens is 1. The predicted octanol–water partition coefficient (Wildman–Crippen LogP) is 3.17. The number of nitrogens with one attached hydrogen (secondary N) is 2. The first-order valence-corrected chi connectivity index (χ1v) is 11.9. The van der Waals surface area contributed by atoms with Crippen molar-refractivity contribution in [2.24, 2.45) is 0 Å². The monoisotopic (exact) mass is 493 g/mol. The van der Waals surface area contributed by atoms with E-state index in [1.807, 2.05) is 35.4 Å². The normalized spacial score (nSPS) is 16.9. The number of amides is 1. The third-order valence-corrected chi connectivity index (χ3v) is 6.81. The van der Waals surface area contributed by atoms with Gasteiger partial charge in [0, 0.05) is 24.0 Å². The van der Waals surface area contributed by atoms with E-state index in [-0.39, 0.29) is 18.3 Å². The molecule has 6 rings (SSSR count). The number of hydrogen-bond acceptors (Lipinski definition) is 6. The number of aromatic amines is 1. The van der Waals surface area contributed by atoms with Crippen LogP contribution in [0.15, 0.2) is 48.7 Å². The van der Waals surface area contributed by atoms with E-state index in [0.717, 1.165) is 48.2 Å². The van der Waals surface area contributed by atoms with Gasteiger partial charge < -0.3 is 15.0 Å². The number of fused-ring (bicyclic) bond motifs is 1. The van der Waals surface area contributed by atoms with Crippen molar-refractivity contribution in [1.82, 2.24) is 35.4 Å². The van der Waals surface area contributed by atoms with E-state index in [1.54, 1.807) is 4.68 Å². The van der Waals surface area contributed by atoms with Crippen LogP contribution in [0.5, 0.6) is 0 Å². The maximum atomic E-state index is 12.7. The minimum atomic E-state index is 0. The Morgan fingerprint density at radius 3 is 2.57 bits per heavy atom. The molecule has 2 N–H and O–H groups in total. The molecular formula is C25H28ClN7O2. The van der Waals surface area contributed by atoms with Gasteiger partial charge in [-0.25, -0.2) is 4.68 Å². The van der Waals surface area contributed by atoms with Crippen molar-refractivity contribution in [2.45, 2.75) is 18.8 Å². The van der Waals surface area contributed by atoms with Gasteiger partial charge in [0.15, 0.2) is 0 Å². The fourth-order valence-electron chi connectivity index (χ4n) is 4.84. The van der Waals surface area contributed by atoms with E-state index in [9.17, 15) is 4.79 Å². The largest absolute Gasteiger partial charge is 0.378 e. The van der Waals surface area contributed by atoms with Crippen LogP contribution in [0.2, 0.25) is 0 Å². The van der Waals surface area contributed by atoms with E-state index in [0.29, 0.717) is 43.5 Å². The molecule has 2 aromatic carbocycles. The van der Waals surface area contributed by atoms with E-state index >= 15 is 0 Å². The number of morpholine rings is 1. The fraction of sp³-hybridized carbons (Fsp3) is 0.360. The molecule has 9 nitrogen and oxygen atoms in total. The van der Waals surface area contributed by atoms with Crippen molar-refractivity contribution in [1.29, 1.82) is 0 Å². The Kier molecular flexibility index (Phi) is 6.81. The van der Waals surface area contributed by atoms with Crippen molar-refractivity contribution in [2.75, 3.05) is 39.4 Å². The third kappa shape index (κ3) is 4.67. The van der Waals surface area contributed by atoms with Crippen molar-refractivity contribution in [3.8, 4) is 17.1 Å². The highest BCUT2D eigenvalue weighted by Crippen LogP contribution is 2.31. The summed E-state index contributed by atoms with van der Waals surface area (Å²) >= 11 is 0. The van der Waals surface area contributed by atoms with E-state index in [4.69, 9.17) is 4.74 Å². The molecule has 4 aromatic rings. The highest BCUT2D eigenvalue weighted by Gasteiger charge is 2.20. The molecule has 0 bridgehead atoms. The first-order valence-electron chi connectivity index (χ1n) is 11.9. The highest BCUT2D eigenvalue weighted by atomic mass is 35.5. The van der Waals surface area contributed by atoms with Crippen LogP contribution in [0.3, 0.4) is 0 Å². The number of halogens is 1. The minimum absolute atomic E-state index is 0. The molecule has 2 saturated heterocycles. The number of ether oxygens (including phenoxy) is 1. The van der Waals surface area contributed by atoms with Crippen molar-refractivity contribution < 1.29 is 9.53 Å². The summed E-state index contributed by atoms with van der Waals surface area (Å²) in [4.78, 5) is 14.5. The van der Waals surface area contributed by atoms with Crippen LogP contribution in [0.1, 0.15) is 34.7 Å². The standard InChI is InChI=1S/C25H27N7O2.ClH/c33-25(31-11-13-34-14-12-31)18-1-4-20(5-2-18)32-16-23(28-30-32)24-21-15-19(3-6-22(21)27-29-24)17-7-9-26-10-8-17;/h1-6,15-17,26H,7-14H2,(H,27,29);1H. The second-order valence-corrected chi connectivity index (χ2v) is 8.90. The zero-order chi connectivity index (χ0) is 22.9. The van der Waals surface area contributed by atoms with Crippen molar-refractivity contribution >= 4 is 29.2 Å². The van der Waals surface area contributed by atoms with Crippen LogP contribution in [0, 0.1) is 0 Å². The Bertz CT molecular complexity index is 1310. The number of piperidine rings is 1. The quantitative estimate of drug-likeness (QED) is 0.453. The summed E-state index contributed by atoms with van der Waals surface area (Å²) in [6.07, 6.45) is 4.18. The maximum Gasteiger partial charge on any atom is 0.254 e. The molecule has 10 heteroatoms. The van der Waals surface area contributed by atoms with Crippen LogP contribution in [0.25, 0.3) is 28.0 Å². The van der Waals surface area contributed by atoms with Crippen molar-refractivity contribution in [3.05, 3.63) is 59.8 Å². The summed E-state index contributed by atoms with van der Waals surface area (Å²) < 4.78 is 7.06. The lowest BCUT2D eigenvalue weighted by molar-refractivity contribution is 0.0303. The van der Waals surface area contributed by atoms with Gasteiger partial charge in [-0.2, -0.15) is 5.10 Å². The van der Waals surface area contributed by atoms with Gasteiger partial charge in [0.2, 0.25) is 0 Å². The molecule has 4 heterocycles. The molecule has 0 atom stereocenters. The molecule has 2 aliphatic rings. The van der Waals surface area contributed by atoms with Gasteiger partial charge in [-0.1, -0.05) is 11.3 Å². The molecule has 2 fully saturated rings. The molecule has 35 heavy (non-hydrogen) atoms. The lowest BCUT2D eigenvalue weighted by Gasteiger charge is -2.26. The Balaban J connectivity index is 0.00000253. The third-order valence-electron chi connectivity index (χ3n) is 6.81. The van der Waals surface area contributed by atoms with Crippen LogP contribution in [-0.2, 0) is 4.74 Å². The van der Waals surface area contributed by atoms with Gasteiger partial charge in [0.05, 0.1) is 30.6 Å².